The summed E-state index contributed by atoms with van der Waals surface area (Å²) in [5.41, 5.74) is 3.86. The monoisotopic (exact) mass is 433 g/mol. The zero-order valence-electron chi connectivity index (χ0n) is 15.1. The number of hydrogen-bond acceptors (Lipinski definition) is 3. The first-order valence-electron chi connectivity index (χ1n) is 8.96. The lowest BCUT2D eigenvalue weighted by Crippen LogP contribution is -2.50. The van der Waals surface area contributed by atoms with Crippen LogP contribution < -0.4 is 4.74 Å². The van der Waals surface area contributed by atoms with Crippen molar-refractivity contribution >= 4 is 38.8 Å². The Labute approximate surface area is 170 Å². The molecular weight excluding hydrogens is 418 g/mol. The standard InChI is InChI=1S/C23H16BrNO3/c1-28-17-8-6-14(7-9-17)20-21(24)22(27)25-13-15-4-2-3-5-18(15)19-12-16(26)10-11-23(19,20)25/h2-12H,13H2,1H3. The van der Waals surface area contributed by atoms with Crippen LogP contribution in [0.15, 0.2) is 71.2 Å². The number of methoxy groups -OCH3 is 1. The largest absolute Gasteiger partial charge is 0.497 e. The Kier molecular flexibility index (Phi) is 3.71. The molecule has 0 N–H and O–H groups in total. The molecule has 0 saturated carbocycles. The third kappa shape index (κ3) is 2.17. The lowest BCUT2D eigenvalue weighted by molar-refractivity contribution is -0.127. The van der Waals surface area contributed by atoms with Gasteiger partial charge in [-0.15, -0.1) is 0 Å². The van der Waals surface area contributed by atoms with Crippen LogP contribution >= 0.6 is 15.9 Å². The van der Waals surface area contributed by atoms with Crippen LogP contribution in [-0.4, -0.2) is 29.2 Å². The second-order valence-electron chi connectivity index (χ2n) is 7.03. The molecule has 138 valence electrons. The average Bonchev–Trinajstić information content (AvgIpc) is 2.94. The minimum Gasteiger partial charge on any atom is -0.497 e. The van der Waals surface area contributed by atoms with E-state index in [0.29, 0.717) is 11.0 Å². The highest BCUT2D eigenvalue weighted by Crippen LogP contribution is 2.56. The molecule has 5 rings (SSSR count). The van der Waals surface area contributed by atoms with E-state index in [9.17, 15) is 9.59 Å². The number of ketones is 1. The van der Waals surface area contributed by atoms with Gasteiger partial charge >= 0.3 is 0 Å². The fourth-order valence-corrected chi connectivity index (χ4v) is 5.15. The first-order chi connectivity index (χ1) is 13.6. The van der Waals surface area contributed by atoms with E-state index in [1.54, 1.807) is 19.3 Å². The maximum atomic E-state index is 13.2. The van der Waals surface area contributed by atoms with E-state index in [1.807, 2.05) is 59.5 Å². The van der Waals surface area contributed by atoms with Crippen LogP contribution in [0.1, 0.15) is 16.7 Å². The topological polar surface area (TPSA) is 46.6 Å². The summed E-state index contributed by atoms with van der Waals surface area (Å²) in [7, 11) is 1.62. The minimum atomic E-state index is -0.799. The SMILES string of the molecule is COc1ccc(C2=C(Br)C(=O)N3Cc4ccccc4C4=CC(=O)C=CC423)cc1. The number of fused-ring (bicyclic) bond motifs is 2. The van der Waals surface area contributed by atoms with Gasteiger partial charge in [0.25, 0.3) is 5.91 Å². The fraction of sp³-hybridized carbons (Fsp3) is 0.130. The third-order valence-corrected chi connectivity index (χ3v) is 6.40. The van der Waals surface area contributed by atoms with Crippen LogP contribution in [-0.2, 0) is 16.1 Å². The number of carbonyl (C=O) groups excluding carboxylic acids is 2. The molecule has 28 heavy (non-hydrogen) atoms. The van der Waals surface area contributed by atoms with Crippen molar-refractivity contribution in [2.24, 2.45) is 0 Å². The molecule has 4 nitrogen and oxygen atoms in total. The minimum absolute atomic E-state index is 0.0677. The van der Waals surface area contributed by atoms with E-state index >= 15 is 0 Å². The summed E-state index contributed by atoms with van der Waals surface area (Å²) in [6.45, 7) is 0.486. The van der Waals surface area contributed by atoms with Gasteiger partial charge in [-0.05, 0) is 68.6 Å². The smallest absolute Gasteiger partial charge is 0.262 e. The van der Waals surface area contributed by atoms with Crippen molar-refractivity contribution in [3.05, 3.63) is 87.9 Å². The predicted molar refractivity (Wildman–Crippen MR) is 111 cm³/mol. The maximum absolute atomic E-state index is 13.2. The molecule has 1 unspecified atom stereocenters. The molecule has 0 aromatic heterocycles. The Bertz CT molecular complexity index is 1130. The van der Waals surface area contributed by atoms with Gasteiger partial charge in [0, 0.05) is 12.1 Å². The van der Waals surface area contributed by atoms with Crippen LogP contribution in [0.2, 0.25) is 0 Å². The molecule has 5 heteroatoms. The maximum Gasteiger partial charge on any atom is 0.262 e. The summed E-state index contributed by atoms with van der Waals surface area (Å²) in [6.07, 6.45) is 5.09. The molecule has 1 atom stereocenters. The van der Waals surface area contributed by atoms with Crippen molar-refractivity contribution in [1.29, 1.82) is 0 Å². The molecule has 0 fully saturated rings. The average molecular weight is 434 g/mol. The van der Waals surface area contributed by atoms with E-state index in [4.69, 9.17) is 4.74 Å². The second kappa shape index (κ2) is 6.04. The number of amides is 1. The van der Waals surface area contributed by atoms with Gasteiger partial charge in [0.05, 0.1) is 11.6 Å². The number of hydrogen-bond donors (Lipinski definition) is 0. The number of carbonyl (C=O) groups is 2. The highest BCUT2D eigenvalue weighted by atomic mass is 79.9. The predicted octanol–water partition coefficient (Wildman–Crippen LogP) is 4.12. The number of halogens is 1. The number of benzene rings is 2. The van der Waals surface area contributed by atoms with Crippen molar-refractivity contribution in [2.45, 2.75) is 12.1 Å². The first-order valence-corrected chi connectivity index (χ1v) is 9.76. The fourth-order valence-electron chi connectivity index (χ4n) is 4.41. The summed E-state index contributed by atoms with van der Waals surface area (Å²) < 4.78 is 5.80. The molecule has 1 amide bonds. The van der Waals surface area contributed by atoms with Crippen LogP contribution in [0, 0.1) is 0 Å². The molecular formula is C23H16BrNO3. The summed E-state index contributed by atoms with van der Waals surface area (Å²) in [4.78, 5) is 27.4. The number of ether oxygens (including phenoxy) is 1. The first kappa shape index (κ1) is 17.2. The summed E-state index contributed by atoms with van der Waals surface area (Å²) >= 11 is 3.56. The van der Waals surface area contributed by atoms with Gasteiger partial charge in [-0.1, -0.05) is 36.4 Å². The third-order valence-electron chi connectivity index (χ3n) is 5.66. The van der Waals surface area contributed by atoms with Crippen LogP contribution in [0.25, 0.3) is 11.1 Å². The Morgan fingerprint density at radius 2 is 1.82 bits per heavy atom. The van der Waals surface area contributed by atoms with Crippen LogP contribution in [0.5, 0.6) is 5.75 Å². The van der Waals surface area contributed by atoms with Crippen molar-refractivity contribution in [3.63, 3.8) is 0 Å². The molecule has 1 spiro atoms. The van der Waals surface area contributed by atoms with Gasteiger partial charge in [0.2, 0.25) is 0 Å². The quantitative estimate of drug-likeness (QED) is 0.715. The second-order valence-corrected chi connectivity index (χ2v) is 7.82. The molecule has 2 aromatic rings. The summed E-state index contributed by atoms with van der Waals surface area (Å²) in [5, 5.41) is 0. The molecule has 1 aliphatic carbocycles. The summed E-state index contributed by atoms with van der Waals surface area (Å²) in [5.74, 6) is 0.602. The van der Waals surface area contributed by atoms with Crippen molar-refractivity contribution < 1.29 is 14.3 Å². The van der Waals surface area contributed by atoms with Crippen molar-refractivity contribution in [1.82, 2.24) is 4.90 Å². The van der Waals surface area contributed by atoms with Crippen LogP contribution in [0.4, 0.5) is 0 Å². The molecule has 2 heterocycles. The van der Waals surface area contributed by atoms with Gasteiger partial charge in [-0.25, -0.2) is 0 Å². The van der Waals surface area contributed by atoms with E-state index in [-0.39, 0.29) is 11.7 Å². The molecule has 2 aromatic carbocycles. The van der Waals surface area contributed by atoms with Gasteiger partial charge < -0.3 is 9.64 Å². The highest BCUT2D eigenvalue weighted by molar-refractivity contribution is 9.12. The Morgan fingerprint density at radius 1 is 1.07 bits per heavy atom. The number of rotatable bonds is 2. The van der Waals surface area contributed by atoms with Crippen LogP contribution in [0.3, 0.4) is 0 Å². The Morgan fingerprint density at radius 3 is 2.57 bits per heavy atom. The van der Waals surface area contributed by atoms with Gasteiger partial charge in [0.15, 0.2) is 5.78 Å². The van der Waals surface area contributed by atoms with E-state index in [2.05, 4.69) is 15.9 Å². The lowest BCUT2D eigenvalue weighted by Gasteiger charge is -2.46. The van der Waals surface area contributed by atoms with Crippen molar-refractivity contribution in [2.75, 3.05) is 7.11 Å². The van der Waals surface area contributed by atoms with Gasteiger partial charge in [-0.3, -0.25) is 9.59 Å². The van der Waals surface area contributed by atoms with Gasteiger partial charge in [-0.2, -0.15) is 0 Å². The summed E-state index contributed by atoms with van der Waals surface area (Å²) in [6, 6.07) is 15.6. The molecule has 0 bridgehead atoms. The molecule has 2 aliphatic heterocycles. The van der Waals surface area contributed by atoms with Crippen molar-refractivity contribution in [3.8, 4) is 5.75 Å². The normalized spacial score (nSPS) is 22.6. The number of allylic oxidation sites excluding steroid dienone is 2. The Balaban J connectivity index is 1.79. The number of nitrogens with zero attached hydrogens (tertiary/aromatic N) is 1. The van der Waals surface area contributed by atoms with Gasteiger partial charge in [0.1, 0.15) is 11.3 Å². The Hall–Kier alpha value is -2.92. The zero-order valence-corrected chi connectivity index (χ0v) is 16.7. The van der Waals surface area contributed by atoms with E-state index in [1.165, 1.54) is 0 Å². The molecule has 3 aliphatic rings. The van der Waals surface area contributed by atoms with E-state index < -0.39 is 5.54 Å². The molecule has 0 saturated heterocycles. The molecule has 0 radical (unpaired) electrons. The van der Waals surface area contributed by atoms with E-state index in [0.717, 1.165) is 33.6 Å². The highest BCUT2D eigenvalue weighted by Gasteiger charge is 2.55. The zero-order chi connectivity index (χ0) is 19.5. The lowest BCUT2D eigenvalue weighted by atomic mass is 9.71.